The maximum Gasteiger partial charge on any atom is 0.164 e. The number of hydrogen-bond acceptors (Lipinski definition) is 4. The summed E-state index contributed by atoms with van der Waals surface area (Å²) in [7, 11) is 0. The summed E-state index contributed by atoms with van der Waals surface area (Å²) in [4.78, 5) is 15.6. The van der Waals surface area contributed by atoms with Gasteiger partial charge in [0.25, 0.3) is 0 Å². The average molecular weight is 783 g/mol. The lowest BCUT2D eigenvalue weighted by atomic mass is 9.99. The van der Waals surface area contributed by atoms with Gasteiger partial charge in [-0.2, -0.15) is 0 Å². The van der Waals surface area contributed by atoms with E-state index in [-0.39, 0.29) is 0 Å². The van der Waals surface area contributed by atoms with E-state index in [4.69, 9.17) is 15.0 Å². The van der Waals surface area contributed by atoms with Crippen LogP contribution in [0.4, 0.5) is 0 Å². The topological polar surface area (TPSA) is 43.6 Å². The van der Waals surface area contributed by atoms with Crippen molar-refractivity contribution in [2.24, 2.45) is 0 Å². The van der Waals surface area contributed by atoms with Crippen molar-refractivity contribution in [3.8, 4) is 62.1 Å². The van der Waals surface area contributed by atoms with E-state index in [1.807, 2.05) is 29.5 Å². The largest absolute Gasteiger partial charge is 0.309 e. The van der Waals surface area contributed by atoms with Crippen molar-refractivity contribution in [1.29, 1.82) is 0 Å². The lowest BCUT2D eigenvalue weighted by Crippen LogP contribution is -2.02. The molecule has 0 amide bonds. The van der Waals surface area contributed by atoms with Gasteiger partial charge < -0.3 is 4.57 Å². The second-order valence-electron chi connectivity index (χ2n) is 15.2. The van der Waals surface area contributed by atoms with E-state index in [0.717, 1.165) is 50.1 Å². The average Bonchev–Trinajstić information content (AvgIpc) is 3.86. The SMILES string of the molecule is c1ccc(-c2nc(-c3cccc(-c4cccc5c4sc4cc6ccccc6cc45)c3)nc(-c3ccc(-c4ccccc4)c(-n4c5ccccc5c5ccccc54)c3)n2)cc1. The maximum absolute atomic E-state index is 5.28. The minimum absolute atomic E-state index is 0.615. The van der Waals surface area contributed by atoms with Crippen LogP contribution >= 0.6 is 11.3 Å². The molecule has 60 heavy (non-hydrogen) atoms. The van der Waals surface area contributed by atoms with Crippen LogP contribution in [0.1, 0.15) is 0 Å². The Kier molecular flexibility index (Phi) is 8.00. The Morgan fingerprint density at radius 2 is 0.867 bits per heavy atom. The first kappa shape index (κ1) is 34.3. The van der Waals surface area contributed by atoms with E-state index >= 15 is 0 Å². The molecule has 0 unspecified atom stereocenters. The zero-order chi connectivity index (χ0) is 39.6. The molecule has 3 heterocycles. The third kappa shape index (κ3) is 5.70. The van der Waals surface area contributed by atoms with E-state index in [0.29, 0.717) is 17.5 Å². The maximum atomic E-state index is 5.28. The van der Waals surface area contributed by atoms with Crippen LogP contribution in [-0.2, 0) is 0 Å². The molecule has 0 radical (unpaired) electrons. The molecule has 0 aliphatic rings. The van der Waals surface area contributed by atoms with Gasteiger partial charge in [0.05, 0.1) is 16.7 Å². The van der Waals surface area contributed by atoms with Gasteiger partial charge in [0.15, 0.2) is 17.5 Å². The molecule has 280 valence electrons. The summed E-state index contributed by atoms with van der Waals surface area (Å²) in [6.45, 7) is 0. The molecule has 4 nitrogen and oxygen atoms in total. The number of rotatable bonds is 6. The second-order valence-corrected chi connectivity index (χ2v) is 16.3. The van der Waals surface area contributed by atoms with Gasteiger partial charge in [-0.1, -0.05) is 170 Å². The van der Waals surface area contributed by atoms with Crippen LogP contribution in [0.25, 0.3) is 115 Å². The van der Waals surface area contributed by atoms with Crippen LogP contribution in [0.5, 0.6) is 0 Å². The van der Waals surface area contributed by atoms with E-state index in [2.05, 4.69) is 193 Å². The number of thiophene rings is 1. The first-order chi connectivity index (χ1) is 29.7. The van der Waals surface area contributed by atoms with Gasteiger partial charge >= 0.3 is 0 Å². The summed E-state index contributed by atoms with van der Waals surface area (Å²) in [5.74, 6) is 1.87. The van der Waals surface area contributed by atoms with Crippen LogP contribution in [0.3, 0.4) is 0 Å². The van der Waals surface area contributed by atoms with Gasteiger partial charge in [-0.3, -0.25) is 0 Å². The molecule has 12 rings (SSSR count). The highest BCUT2D eigenvalue weighted by atomic mass is 32.1. The first-order valence-electron chi connectivity index (χ1n) is 20.2. The Labute approximate surface area is 350 Å². The fourth-order valence-electron chi connectivity index (χ4n) is 8.79. The van der Waals surface area contributed by atoms with Crippen molar-refractivity contribution in [3.63, 3.8) is 0 Å². The van der Waals surface area contributed by atoms with Crippen molar-refractivity contribution in [1.82, 2.24) is 19.5 Å². The Bertz CT molecular complexity index is 3550. The molecule has 0 fully saturated rings. The van der Waals surface area contributed by atoms with E-state index < -0.39 is 0 Å². The van der Waals surface area contributed by atoms with Crippen LogP contribution in [0.15, 0.2) is 206 Å². The molecule has 0 N–H and O–H groups in total. The fourth-order valence-corrected chi connectivity index (χ4v) is 10.1. The third-order valence-corrected chi connectivity index (χ3v) is 12.8. The van der Waals surface area contributed by atoms with Gasteiger partial charge in [0.1, 0.15) is 0 Å². The molecular formula is C55H34N4S. The molecule has 3 aromatic heterocycles. The third-order valence-electron chi connectivity index (χ3n) is 11.6. The highest BCUT2D eigenvalue weighted by molar-refractivity contribution is 7.26. The van der Waals surface area contributed by atoms with Crippen LogP contribution < -0.4 is 0 Å². The van der Waals surface area contributed by atoms with Gasteiger partial charge in [0.2, 0.25) is 0 Å². The molecule has 0 saturated carbocycles. The molecule has 0 aliphatic carbocycles. The zero-order valence-corrected chi connectivity index (χ0v) is 33.1. The Morgan fingerprint density at radius 3 is 1.58 bits per heavy atom. The molecule has 0 aliphatic heterocycles. The normalized spacial score (nSPS) is 11.7. The highest BCUT2D eigenvalue weighted by Crippen LogP contribution is 2.43. The molecule has 0 bridgehead atoms. The minimum atomic E-state index is 0.615. The zero-order valence-electron chi connectivity index (χ0n) is 32.3. The van der Waals surface area contributed by atoms with Gasteiger partial charge in [0, 0.05) is 53.2 Å². The number of fused-ring (bicyclic) bond motifs is 7. The summed E-state index contributed by atoms with van der Waals surface area (Å²) in [5, 5.41) is 7.51. The number of benzene rings is 9. The van der Waals surface area contributed by atoms with E-state index in [9.17, 15) is 0 Å². The summed E-state index contributed by atoms with van der Waals surface area (Å²) in [6.07, 6.45) is 0. The molecular weight excluding hydrogens is 749 g/mol. The number of nitrogens with zero attached hydrogens (tertiary/aromatic N) is 4. The summed E-state index contributed by atoms with van der Waals surface area (Å²) >= 11 is 1.86. The predicted octanol–water partition coefficient (Wildman–Crippen LogP) is 14.8. The van der Waals surface area contributed by atoms with Crippen molar-refractivity contribution < 1.29 is 0 Å². The first-order valence-corrected chi connectivity index (χ1v) is 21.0. The summed E-state index contributed by atoms with van der Waals surface area (Å²) in [6, 6.07) is 73.3. The molecule has 5 heteroatoms. The van der Waals surface area contributed by atoms with Crippen LogP contribution in [0.2, 0.25) is 0 Å². The lowest BCUT2D eigenvalue weighted by molar-refractivity contribution is 1.07. The molecule has 12 aromatic rings. The lowest BCUT2D eigenvalue weighted by Gasteiger charge is -2.16. The number of hydrogen-bond donors (Lipinski definition) is 0. The van der Waals surface area contributed by atoms with Crippen LogP contribution in [0, 0.1) is 0 Å². The van der Waals surface area contributed by atoms with Crippen LogP contribution in [-0.4, -0.2) is 19.5 Å². The summed E-state index contributed by atoms with van der Waals surface area (Å²) < 4.78 is 4.95. The van der Waals surface area contributed by atoms with Crippen molar-refractivity contribution >= 4 is 64.1 Å². The minimum Gasteiger partial charge on any atom is -0.309 e. The van der Waals surface area contributed by atoms with Gasteiger partial charge in [-0.05, 0) is 63.9 Å². The second kappa shape index (κ2) is 14.0. The number of para-hydroxylation sites is 2. The molecule has 0 atom stereocenters. The Hall–Kier alpha value is -7.73. The Morgan fingerprint density at radius 1 is 0.333 bits per heavy atom. The molecule has 0 saturated heterocycles. The van der Waals surface area contributed by atoms with E-state index in [1.165, 1.54) is 47.3 Å². The molecule has 9 aromatic carbocycles. The van der Waals surface area contributed by atoms with Gasteiger partial charge in [-0.15, -0.1) is 11.3 Å². The predicted molar refractivity (Wildman–Crippen MR) is 252 cm³/mol. The summed E-state index contributed by atoms with van der Waals surface area (Å²) in [5.41, 5.74) is 10.7. The van der Waals surface area contributed by atoms with Crippen molar-refractivity contribution in [3.05, 3.63) is 206 Å². The standard InChI is InChI=1S/C55H34N4S/c1-3-15-35(16-4-1)42-30-29-41(33-50(42)59-48-27-11-9-23-44(48)45-24-10-12-28-49(45)59)55-57-53(36-17-5-2-6-18-36)56-54(58-55)40-22-13-21-39(31-40)43-25-14-26-46-47-32-37-19-7-8-20-38(37)34-51(47)60-52(43)46/h1-34H. The monoisotopic (exact) mass is 782 g/mol. The van der Waals surface area contributed by atoms with Gasteiger partial charge in [-0.25, -0.2) is 15.0 Å². The fraction of sp³-hybridized carbons (Fsp3) is 0. The Balaban J connectivity index is 1.05. The van der Waals surface area contributed by atoms with Crippen molar-refractivity contribution in [2.45, 2.75) is 0 Å². The van der Waals surface area contributed by atoms with Crippen molar-refractivity contribution in [2.75, 3.05) is 0 Å². The van der Waals surface area contributed by atoms with E-state index in [1.54, 1.807) is 0 Å². The quantitative estimate of drug-likeness (QED) is 0.169. The highest BCUT2D eigenvalue weighted by Gasteiger charge is 2.20. The molecule has 0 spiro atoms. The number of aromatic nitrogens is 4. The smallest absolute Gasteiger partial charge is 0.164 e.